The van der Waals surface area contributed by atoms with Crippen LogP contribution in [0.5, 0.6) is 0 Å². The van der Waals surface area contributed by atoms with Crippen LogP contribution in [0.15, 0.2) is 6.20 Å². The molecule has 5 heteroatoms. The summed E-state index contributed by atoms with van der Waals surface area (Å²) in [5.41, 5.74) is -0.545. The summed E-state index contributed by atoms with van der Waals surface area (Å²) < 4.78 is 1.70. The number of rotatable bonds is 3. The van der Waals surface area contributed by atoms with E-state index in [0.29, 0.717) is 29.5 Å². The minimum atomic E-state index is -1.08. The number of halogens is 1. The van der Waals surface area contributed by atoms with Crippen LogP contribution in [-0.4, -0.2) is 25.6 Å². The Morgan fingerprint density at radius 2 is 2.00 bits per heavy atom. The van der Waals surface area contributed by atoms with Crippen LogP contribution in [-0.2, 0) is 0 Å². The molecule has 2 rings (SSSR count). The lowest BCUT2D eigenvalue weighted by atomic mass is 9.76. The van der Waals surface area contributed by atoms with Gasteiger partial charge in [-0.05, 0) is 45.4 Å². The van der Waals surface area contributed by atoms with Crippen LogP contribution in [0.4, 0.5) is 0 Å². The first kappa shape index (κ1) is 14.8. The van der Waals surface area contributed by atoms with Gasteiger partial charge in [0, 0.05) is 6.04 Å². The van der Waals surface area contributed by atoms with Crippen molar-refractivity contribution < 1.29 is 10.2 Å². The summed E-state index contributed by atoms with van der Waals surface area (Å²) in [6.45, 7) is 6.14. The van der Waals surface area contributed by atoms with Gasteiger partial charge in [-0.25, -0.2) is 0 Å². The minimum absolute atomic E-state index is 0.100. The minimum Gasteiger partial charge on any atom is -0.387 e. The monoisotopic (exact) mass is 286 g/mol. The van der Waals surface area contributed by atoms with E-state index in [0.717, 1.165) is 12.8 Å². The molecule has 1 fully saturated rings. The van der Waals surface area contributed by atoms with Crippen LogP contribution in [0, 0.1) is 5.92 Å². The largest absolute Gasteiger partial charge is 0.387 e. The second-order valence-corrected chi connectivity index (χ2v) is 6.51. The van der Waals surface area contributed by atoms with Crippen molar-refractivity contribution in [3.05, 3.63) is 16.9 Å². The third-order valence-electron chi connectivity index (χ3n) is 4.18. The molecular weight excluding hydrogens is 264 g/mol. The predicted molar refractivity (Wildman–Crippen MR) is 75.2 cm³/mol. The van der Waals surface area contributed by atoms with E-state index in [1.807, 2.05) is 13.8 Å². The third-order valence-corrected chi connectivity index (χ3v) is 4.48. The number of aliphatic hydroxyl groups excluding tert-OH is 1. The molecule has 1 atom stereocenters. The molecule has 0 amide bonds. The molecule has 1 aliphatic rings. The average Bonchev–Trinajstić information content (AvgIpc) is 2.74. The van der Waals surface area contributed by atoms with Gasteiger partial charge in [0.15, 0.2) is 0 Å². The fourth-order valence-corrected chi connectivity index (χ4v) is 3.04. The van der Waals surface area contributed by atoms with Gasteiger partial charge >= 0.3 is 0 Å². The van der Waals surface area contributed by atoms with E-state index in [2.05, 4.69) is 12.0 Å². The van der Waals surface area contributed by atoms with Crippen molar-refractivity contribution in [2.24, 2.45) is 5.92 Å². The van der Waals surface area contributed by atoms with Crippen molar-refractivity contribution in [2.45, 2.75) is 64.2 Å². The first-order chi connectivity index (χ1) is 8.85. The normalized spacial score (nSPS) is 29.7. The zero-order valence-corrected chi connectivity index (χ0v) is 12.6. The van der Waals surface area contributed by atoms with Gasteiger partial charge < -0.3 is 10.2 Å². The third kappa shape index (κ3) is 2.81. The van der Waals surface area contributed by atoms with Crippen molar-refractivity contribution in [1.82, 2.24) is 9.78 Å². The highest BCUT2D eigenvalue weighted by Crippen LogP contribution is 2.42. The second kappa shape index (κ2) is 5.43. The standard InChI is InChI=1S/C14H23ClN2O2/c1-9(2)17-12(11(15)8-16-17)13(18)14(19)6-4-10(3)5-7-14/h8-10,13,18-19H,4-7H2,1-3H3. The molecule has 4 nitrogen and oxygen atoms in total. The maximum atomic E-state index is 10.7. The lowest BCUT2D eigenvalue weighted by molar-refractivity contribution is -0.108. The Hall–Kier alpha value is -0.580. The van der Waals surface area contributed by atoms with Crippen molar-refractivity contribution in [3.8, 4) is 0 Å². The van der Waals surface area contributed by atoms with E-state index in [1.165, 1.54) is 6.20 Å². The highest BCUT2D eigenvalue weighted by atomic mass is 35.5. The van der Waals surface area contributed by atoms with E-state index < -0.39 is 11.7 Å². The van der Waals surface area contributed by atoms with E-state index in [-0.39, 0.29) is 6.04 Å². The van der Waals surface area contributed by atoms with Gasteiger partial charge in [-0.2, -0.15) is 5.10 Å². The summed E-state index contributed by atoms with van der Waals surface area (Å²) >= 11 is 6.14. The quantitative estimate of drug-likeness (QED) is 0.898. The Labute approximate surface area is 119 Å². The molecule has 0 radical (unpaired) electrons. The van der Waals surface area contributed by atoms with Crippen molar-refractivity contribution in [2.75, 3.05) is 0 Å². The zero-order chi connectivity index (χ0) is 14.2. The molecule has 2 N–H and O–H groups in total. The number of aromatic nitrogens is 2. The molecule has 0 aromatic carbocycles. The zero-order valence-electron chi connectivity index (χ0n) is 11.8. The Morgan fingerprint density at radius 3 is 2.53 bits per heavy atom. The molecule has 1 aromatic rings. The van der Waals surface area contributed by atoms with Crippen LogP contribution >= 0.6 is 11.6 Å². The molecule has 0 aliphatic heterocycles. The fraction of sp³-hybridized carbons (Fsp3) is 0.786. The van der Waals surface area contributed by atoms with Gasteiger partial charge in [0.2, 0.25) is 0 Å². The molecule has 1 aromatic heterocycles. The van der Waals surface area contributed by atoms with E-state index >= 15 is 0 Å². The van der Waals surface area contributed by atoms with E-state index in [9.17, 15) is 10.2 Å². The number of aliphatic hydroxyl groups is 2. The topological polar surface area (TPSA) is 58.3 Å². The molecule has 1 saturated carbocycles. The predicted octanol–water partition coefficient (Wildman–Crippen LogP) is 3.09. The SMILES string of the molecule is CC1CCC(O)(C(O)c2c(Cl)cnn2C(C)C)CC1. The number of nitrogens with zero attached hydrogens (tertiary/aromatic N) is 2. The molecule has 1 unspecified atom stereocenters. The first-order valence-corrected chi connectivity index (χ1v) is 7.36. The Morgan fingerprint density at radius 1 is 1.42 bits per heavy atom. The Kier molecular flexibility index (Phi) is 4.23. The molecule has 108 valence electrons. The molecule has 19 heavy (non-hydrogen) atoms. The van der Waals surface area contributed by atoms with E-state index in [4.69, 9.17) is 11.6 Å². The van der Waals surface area contributed by atoms with Crippen molar-refractivity contribution in [1.29, 1.82) is 0 Å². The summed E-state index contributed by atoms with van der Waals surface area (Å²) in [4.78, 5) is 0. The van der Waals surface area contributed by atoms with Crippen LogP contribution in [0.2, 0.25) is 5.02 Å². The maximum Gasteiger partial charge on any atom is 0.126 e. The fourth-order valence-electron chi connectivity index (χ4n) is 2.81. The van der Waals surface area contributed by atoms with Gasteiger partial charge in [0.25, 0.3) is 0 Å². The average molecular weight is 287 g/mol. The molecule has 0 spiro atoms. The summed E-state index contributed by atoms with van der Waals surface area (Å²) in [5, 5.41) is 25.9. The highest BCUT2D eigenvalue weighted by Gasteiger charge is 2.42. The molecule has 0 bridgehead atoms. The first-order valence-electron chi connectivity index (χ1n) is 6.98. The van der Waals surface area contributed by atoms with Crippen LogP contribution in [0.25, 0.3) is 0 Å². The molecule has 0 saturated heterocycles. The van der Waals surface area contributed by atoms with E-state index in [1.54, 1.807) is 4.68 Å². The molecule has 1 aliphatic carbocycles. The summed E-state index contributed by atoms with van der Waals surface area (Å²) in [6, 6.07) is 0.100. The van der Waals surface area contributed by atoms with Gasteiger partial charge in [-0.1, -0.05) is 18.5 Å². The lowest BCUT2D eigenvalue weighted by Gasteiger charge is -2.38. The summed E-state index contributed by atoms with van der Waals surface area (Å²) in [7, 11) is 0. The summed E-state index contributed by atoms with van der Waals surface area (Å²) in [6.07, 6.45) is 3.64. The summed E-state index contributed by atoms with van der Waals surface area (Å²) in [5.74, 6) is 0.609. The maximum absolute atomic E-state index is 10.7. The smallest absolute Gasteiger partial charge is 0.126 e. The Bertz CT molecular complexity index is 437. The highest BCUT2D eigenvalue weighted by molar-refractivity contribution is 6.31. The van der Waals surface area contributed by atoms with Gasteiger partial charge in [0.1, 0.15) is 6.10 Å². The van der Waals surface area contributed by atoms with Crippen molar-refractivity contribution >= 4 is 11.6 Å². The number of hydrogen-bond donors (Lipinski definition) is 2. The second-order valence-electron chi connectivity index (χ2n) is 6.10. The van der Waals surface area contributed by atoms with Gasteiger partial charge in [-0.15, -0.1) is 0 Å². The van der Waals surface area contributed by atoms with Crippen LogP contribution < -0.4 is 0 Å². The van der Waals surface area contributed by atoms with Gasteiger partial charge in [0.05, 0.1) is 22.5 Å². The number of hydrogen-bond acceptors (Lipinski definition) is 3. The van der Waals surface area contributed by atoms with Gasteiger partial charge in [-0.3, -0.25) is 4.68 Å². The van der Waals surface area contributed by atoms with Crippen LogP contribution in [0.3, 0.4) is 0 Å². The van der Waals surface area contributed by atoms with Crippen molar-refractivity contribution in [3.63, 3.8) is 0 Å². The Balaban J connectivity index is 2.28. The lowest BCUT2D eigenvalue weighted by Crippen LogP contribution is -2.41. The van der Waals surface area contributed by atoms with Crippen LogP contribution in [0.1, 0.15) is 64.3 Å². The molecular formula is C14H23ClN2O2. The molecule has 1 heterocycles.